The van der Waals surface area contributed by atoms with Gasteiger partial charge < -0.3 is 0 Å². The summed E-state index contributed by atoms with van der Waals surface area (Å²) >= 11 is 5.86. The lowest BCUT2D eigenvalue weighted by Gasteiger charge is -2.03. The van der Waals surface area contributed by atoms with E-state index in [9.17, 15) is 0 Å². The maximum Gasteiger partial charge on any atom is 0.125 e. The quantitative estimate of drug-likeness (QED) is 0.659. The molecule has 1 aromatic rings. The van der Waals surface area contributed by atoms with Crippen LogP contribution >= 0.6 is 11.6 Å². The van der Waals surface area contributed by atoms with Crippen LogP contribution in [0.1, 0.15) is 24.1 Å². The molecule has 1 heterocycles. The lowest BCUT2D eigenvalue weighted by Crippen LogP contribution is -2.03. The number of aryl methyl sites for hydroxylation is 2. The Labute approximate surface area is 78.0 Å². The zero-order valence-corrected chi connectivity index (χ0v) is 8.39. The van der Waals surface area contributed by atoms with E-state index >= 15 is 0 Å². The van der Waals surface area contributed by atoms with Gasteiger partial charge in [-0.1, -0.05) is 0 Å². The van der Waals surface area contributed by atoms with Gasteiger partial charge in [-0.15, -0.1) is 11.6 Å². The lowest BCUT2D eigenvalue weighted by molar-refractivity contribution is 0.854. The Morgan fingerprint density at radius 2 is 2.08 bits per heavy atom. The van der Waals surface area contributed by atoms with Crippen molar-refractivity contribution in [1.82, 2.24) is 9.97 Å². The van der Waals surface area contributed by atoms with Crippen molar-refractivity contribution in [2.45, 2.75) is 32.6 Å². The number of hydrogen-bond acceptors (Lipinski definition) is 2. The molecule has 0 amide bonds. The second-order valence-electron chi connectivity index (χ2n) is 3.03. The van der Waals surface area contributed by atoms with E-state index in [4.69, 9.17) is 11.6 Å². The van der Waals surface area contributed by atoms with Gasteiger partial charge in [0.25, 0.3) is 0 Å². The first kappa shape index (κ1) is 9.46. The summed E-state index contributed by atoms with van der Waals surface area (Å²) in [6.45, 7) is 5.83. The smallest absolute Gasteiger partial charge is 0.125 e. The van der Waals surface area contributed by atoms with Gasteiger partial charge in [0.1, 0.15) is 5.82 Å². The van der Waals surface area contributed by atoms with Crippen LogP contribution < -0.4 is 0 Å². The van der Waals surface area contributed by atoms with Crippen molar-refractivity contribution in [3.8, 4) is 0 Å². The third kappa shape index (κ3) is 2.78. The molecule has 0 aliphatic carbocycles. The maximum absolute atomic E-state index is 5.86. The van der Waals surface area contributed by atoms with E-state index < -0.39 is 0 Å². The maximum atomic E-state index is 5.86. The molecule has 1 rings (SSSR count). The summed E-state index contributed by atoms with van der Waals surface area (Å²) < 4.78 is 0. The molecular weight excluding hydrogens is 172 g/mol. The monoisotopic (exact) mass is 184 g/mol. The van der Waals surface area contributed by atoms with Crippen molar-refractivity contribution in [2.75, 3.05) is 0 Å². The molecule has 3 heteroatoms. The largest absolute Gasteiger partial charge is 0.239 e. The van der Waals surface area contributed by atoms with Crippen molar-refractivity contribution in [2.24, 2.45) is 0 Å². The van der Waals surface area contributed by atoms with Gasteiger partial charge in [0, 0.05) is 23.2 Å². The van der Waals surface area contributed by atoms with Gasteiger partial charge in [-0.05, 0) is 26.8 Å². The van der Waals surface area contributed by atoms with Crippen molar-refractivity contribution < 1.29 is 0 Å². The fraction of sp³-hybridized carbons (Fsp3) is 0.556. The van der Waals surface area contributed by atoms with Crippen LogP contribution in [0, 0.1) is 13.8 Å². The molecular formula is C9H13ClN2. The summed E-state index contributed by atoms with van der Waals surface area (Å²) in [5.41, 5.74) is 2.04. The van der Waals surface area contributed by atoms with Gasteiger partial charge in [-0.3, -0.25) is 0 Å². The molecule has 66 valence electrons. The Morgan fingerprint density at radius 1 is 1.42 bits per heavy atom. The van der Waals surface area contributed by atoms with Gasteiger partial charge in [-0.2, -0.15) is 0 Å². The topological polar surface area (TPSA) is 25.8 Å². The number of alkyl halides is 1. The SMILES string of the molecule is Cc1cc(CC(C)Cl)nc(C)n1. The number of nitrogens with zero attached hydrogens (tertiary/aromatic N) is 2. The van der Waals surface area contributed by atoms with Gasteiger partial charge in [0.05, 0.1) is 0 Å². The molecule has 12 heavy (non-hydrogen) atoms. The van der Waals surface area contributed by atoms with Crippen molar-refractivity contribution in [3.63, 3.8) is 0 Å². The summed E-state index contributed by atoms with van der Waals surface area (Å²) in [7, 11) is 0. The van der Waals surface area contributed by atoms with E-state index in [0.717, 1.165) is 23.6 Å². The molecule has 1 aromatic heterocycles. The van der Waals surface area contributed by atoms with E-state index in [0.29, 0.717) is 0 Å². The van der Waals surface area contributed by atoms with Crippen molar-refractivity contribution in [1.29, 1.82) is 0 Å². The van der Waals surface area contributed by atoms with Crippen LogP contribution in [0.2, 0.25) is 0 Å². The normalized spacial score (nSPS) is 13.0. The van der Waals surface area contributed by atoms with Crippen LogP contribution in [0.25, 0.3) is 0 Å². The summed E-state index contributed by atoms with van der Waals surface area (Å²) in [4.78, 5) is 8.47. The number of hydrogen-bond donors (Lipinski definition) is 0. The van der Waals surface area contributed by atoms with E-state index in [-0.39, 0.29) is 5.38 Å². The Hall–Kier alpha value is -0.630. The highest BCUT2D eigenvalue weighted by Gasteiger charge is 2.02. The molecule has 0 spiro atoms. The fourth-order valence-corrected chi connectivity index (χ4v) is 1.34. The highest BCUT2D eigenvalue weighted by atomic mass is 35.5. The molecule has 0 aromatic carbocycles. The van der Waals surface area contributed by atoms with Crippen molar-refractivity contribution >= 4 is 11.6 Å². The Morgan fingerprint density at radius 3 is 2.58 bits per heavy atom. The Bertz CT molecular complexity index is 251. The molecule has 0 radical (unpaired) electrons. The van der Waals surface area contributed by atoms with E-state index in [1.807, 2.05) is 26.8 Å². The Balaban J connectivity index is 2.85. The molecule has 1 unspecified atom stereocenters. The van der Waals surface area contributed by atoms with Crippen molar-refractivity contribution in [3.05, 3.63) is 23.3 Å². The molecule has 0 aliphatic heterocycles. The van der Waals surface area contributed by atoms with E-state index in [1.54, 1.807) is 0 Å². The molecule has 0 N–H and O–H groups in total. The number of rotatable bonds is 2. The predicted molar refractivity (Wildman–Crippen MR) is 50.5 cm³/mol. The Kier molecular flexibility index (Phi) is 3.04. The highest BCUT2D eigenvalue weighted by molar-refractivity contribution is 6.20. The summed E-state index contributed by atoms with van der Waals surface area (Å²) in [6, 6.07) is 1.98. The van der Waals surface area contributed by atoms with Crippen LogP contribution in [-0.4, -0.2) is 15.3 Å². The standard InChI is InChI=1S/C9H13ClN2/c1-6(10)4-9-5-7(2)11-8(3)12-9/h5-6H,4H2,1-3H3. The predicted octanol–water partition coefficient (Wildman–Crippen LogP) is 2.26. The first-order valence-electron chi connectivity index (χ1n) is 4.03. The molecule has 1 atom stereocenters. The highest BCUT2D eigenvalue weighted by Crippen LogP contribution is 2.06. The minimum absolute atomic E-state index is 0.138. The molecule has 0 fully saturated rings. The number of aromatic nitrogens is 2. The zero-order chi connectivity index (χ0) is 9.14. The summed E-state index contributed by atoms with van der Waals surface area (Å²) in [5, 5.41) is 0.138. The third-order valence-corrected chi connectivity index (χ3v) is 1.66. The molecule has 0 saturated carbocycles. The number of halogens is 1. The second kappa shape index (κ2) is 3.85. The first-order valence-corrected chi connectivity index (χ1v) is 4.47. The molecule has 0 saturated heterocycles. The molecule has 2 nitrogen and oxygen atoms in total. The van der Waals surface area contributed by atoms with Crippen LogP contribution in [0.15, 0.2) is 6.07 Å². The van der Waals surface area contributed by atoms with E-state index in [2.05, 4.69) is 9.97 Å². The van der Waals surface area contributed by atoms with Gasteiger partial charge in [-0.25, -0.2) is 9.97 Å². The summed E-state index contributed by atoms with van der Waals surface area (Å²) in [5.74, 6) is 0.822. The molecule has 0 bridgehead atoms. The third-order valence-electron chi connectivity index (χ3n) is 1.51. The zero-order valence-electron chi connectivity index (χ0n) is 7.63. The van der Waals surface area contributed by atoms with Crippen LogP contribution in [0.4, 0.5) is 0 Å². The average molecular weight is 185 g/mol. The molecule has 0 aliphatic rings. The second-order valence-corrected chi connectivity index (χ2v) is 3.78. The summed E-state index contributed by atoms with van der Waals surface area (Å²) in [6.07, 6.45) is 0.811. The van der Waals surface area contributed by atoms with E-state index in [1.165, 1.54) is 0 Å². The van der Waals surface area contributed by atoms with Crippen LogP contribution in [0.5, 0.6) is 0 Å². The minimum Gasteiger partial charge on any atom is -0.239 e. The van der Waals surface area contributed by atoms with Gasteiger partial charge in [0.15, 0.2) is 0 Å². The fourth-order valence-electron chi connectivity index (χ4n) is 1.19. The first-order chi connectivity index (χ1) is 5.58. The van der Waals surface area contributed by atoms with Crippen LogP contribution in [0.3, 0.4) is 0 Å². The average Bonchev–Trinajstić information content (AvgIpc) is 1.81. The van der Waals surface area contributed by atoms with Gasteiger partial charge >= 0.3 is 0 Å². The lowest BCUT2D eigenvalue weighted by atomic mass is 10.2. The minimum atomic E-state index is 0.138. The van der Waals surface area contributed by atoms with Crippen LogP contribution in [-0.2, 0) is 6.42 Å². The van der Waals surface area contributed by atoms with Gasteiger partial charge in [0.2, 0.25) is 0 Å².